The van der Waals surface area contributed by atoms with Crippen molar-refractivity contribution in [2.45, 2.75) is 39.0 Å². The third kappa shape index (κ3) is 5.64. The minimum atomic E-state index is -0.0555. The molecule has 1 aromatic heterocycles. The van der Waals surface area contributed by atoms with Gasteiger partial charge in [0.2, 0.25) is 11.8 Å². The summed E-state index contributed by atoms with van der Waals surface area (Å²) in [4.78, 5) is 27.6. The molecule has 0 saturated carbocycles. The van der Waals surface area contributed by atoms with Crippen molar-refractivity contribution >= 4 is 29.2 Å². The molecule has 0 spiro atoms. The molecule has 120 valence electrons. The number of likely N-dealkylation sites (tertiary alicyclic amines) is 1. The first-order chi connectivity index (χ1) is 10.6. The molecule has 1 saturated heterocycles. The lowest BCUT2D eigenvalue weighted by Crippen LogP contribution is -2.36. The second-order valence-electron chi connectivity index (χ2n) is 5.62. The summed E-state index contributed by atoms with van der Waals surface area (Å²) in [5.41, 5.74) is 0. The minimum Gasteiger partial charge on any atom is -0.353 e. The summed E-state index contributed by atoms with van der Waals surface area (Å²) < 4.78 is 0. The van der Waals surface area contributed by atoms with Crippen LogP contribution in [0.1, 0.15) is 41.9 Å². The lowest BCUT2D eigenvalue weighted by atomic mass is 10.1. The van der Waals surface area contributed by atoms with Gasteiger partial charge < -0.3 is 10.2 Å². The Morgan fingerprint density at radius 3 is 2.95 bits per heavy atom. The number of hydrogen-bond donors (Lipinski definition) is 1. The molecule has 1 N–H and O–H groups in total. The van der Waals surface area contributed by atoms with Gasteiger partial charge in [-0.15, -0.1) is 11.3 Å². The number of hydrogen-bond acceptors (Lipinski definition) is 3. The molecule has 0 aromatic carbocycles. The molecule has 0 aliphatic carbocycles. The number of carbonyl (C=O) groups is 2. The van der Waals surface area contributed by atoms with Crippen molar-refractivity contribution in [1.29, 1.82) is 0 Å². The van der Waals surface area contributed by atoms with Gasteiger partial charge in [-0.05, 0) is 50.8 Å². The van der Waals surface area contributed by atoms with Crippen LogP contribution < -0.4 is 5.32 Å². The molecular weight excluding hydrogens is 296 g/mol. The Hall–Kier alpha value is -1.62. The number of amides is 2. The summed E-state index contributed by atoms with van der Waals surface area (Å²) in [6.45, 7) is 4.43. The largest absolute Gasteiger partial charge is 0.353 e. The Labute approximate surface area is 136 Å². The Bertz CT molecular complexity index is 537. The van der Waals surface area contributed by atoms with Gasteiger partial charge in [-0.1, -0.05) is 0 Å². The quantitative estimate of drug-likeness (QED) is 0.620. The van der Waals surface area contributed by atoms with Crippen LogP contribution in [0.4, 0.5) is 0 Å². The molecule has 22 heavy (non-hydrogen) atoms. The second kappa shape index (κ2) is 8.73. The molecule has 0 atom stereocenters. The fourth-order valence-electron chi connectivity index (χ4n) is 2.50. The lowest BCUT2D eigenvalue weighted by molar-refractivity contribution is -0.133. The standard InChI is InChI=1S/C17H24N2O2S/c1-14-7-8-15(22-14)9-10-16(20)18-11-3-5-13-19-12-4-2-6-17(19)21/h7-10H,2-6,11-13H2,1H3,(H,18,20)/b10-9-. The van der Waals surface area contributed by atoms with E-state index in [9.17, 15) is 9.59 Å². The smallest absolute Gasteiger partial charge is 0.244 e. The topological polar surface area (TPSA) is 49.4 Å². The van der Waals surface area contributed by atoms with E-state index in [1.165, 1.54) is 4.88 Å². The average molecular weight is 320 g/mol. The van der Waals surface area contributed by atoms with Crippen LogP contribution in [0.3, 0.4) is 0 Å². The normalized spacial score (nSPS) is 15.5. The maximum Gasteiger partial charge on any atom is 0.244 e. The van der Waals surface area contributed by atoms with Gasteiger partial charge in [0, 0.05) is 41.9 Å². The second-order valence-corrected chi connectivity index (χ2v) is 6.94. The van der Waals surface area contributed by atoms with E-state index in [0.29, 0.717) is 13.0 Å². The van der Waals surface area contributed by atoms with Crippen LogP contribution in [0.2, 0.25) is 0 Å². The lowest BCUT2D eigenvalue weighted by Gasteiger charge is -2.26. The van der Waals surface area contributed by atoms with Gasteiger partial charge in [0.1, 0.15) is 0 Å². The predicted molar refractivity (Wildman–Crippen MR) is 90.8 cm³/mol. The SMILES string of the molecule is Cc1ccc(/C=C\C(=O)NCCCCN2CCCCC2=O)s1. The molecule has 0 bridgehead atoms. The van der Waals surface area contributed by atoms with Crippen molar-refractivity contribution in [3.63, 3.8) is 0 Å². The zero-order chi connectivity index (χ0) is 15.8. The molecule has 2 heterocycles. The van der Waals surface area contributed by atoms with Crippen molar-refractivity contribution in [3.05, 3.63) is 28.0 Å². The van der Waals surface area contributed by atoms with Gasteiger partial charge in [0.15, 0.2) is 0 Å². The molecule has 5 heteroatoms. The first kappa shape index (κ1) is 16.7. The number of nitrogens with one attached hydrogen (secondary N) is 1. The Balaban J connectivity index is 1.57. The Morgan fingerprint density at radius 1 is 1.36 bits per heavy atom. The third-order valence-corrected chi connectivity index (χ3v) is 4.70. The van der Waals surface area contributed by atoms with Crippen molar-refractivity contribution in [2.24, 2.45) is 0 Å². The molecule has 0 unspecified atom stereocenters. The molecule has 4 nitrogen and oxygen atoms in total. The molecular formula is C17H24N2O2S. The fraction of sp³-hybridized carbons (Fsp3) is 0.529. The summed E-state index contributed by atoms with van der Waals surface area (Å²) in [5.74, 6) is 0.226. The number of thiophene rings is 1. The number of carbonyl (C=O) groups excluding carboxylic acids is 2. The summed E-state index contributed by atoms with van der Waals surface area (Å²) in [7, 11) is 0. The van der Waals surface area contributed by atoms with Gasteiger partial charge in [-0.2, -0.15) is 0 Å². The van der Waals surface area contributed by atoms with Crippen molar-refractivity contribution in [1.82, 2.24) is 10.2 Å². The highest BCUT2D eigenvalue weighted by Crippen LogP contribution is 2.16. The van der Waals surface area contributed by atoms with Gasteiger partial charge >= 0.3 is 0 Å². The van der Waals surface area contributed by atoms with E-state index in [4.69, 9.17) is 0 Å². The zero-order valence-corrected chi connectivity index (χ0v) is 14.0. The first-order valence-electron chi connectivity index (χ1n) is 7.95. The van der Waals surface area contributed by atoms with Crippen molar-refractivity contribution in [2.75, 3.05) is 19.6 Å². The molecule has 1 aromatic rings. The van der Waals surface area contributed by atoms with Crippen LogP contribution in [0.5, 0.6) is 0 Å². The third-order valence-electron chi connectivity index (χ3n) is 3.74. The van der Waals surface area contributed by atoms with Crippen LogP contribution >= 0.6 is 11.3 Å². The Kier molecular flexibility index (Phi) is 6.65. The molecule has 1 fully saturated rings. The molecule has 2 amide bonds. The number of nitrogens with zero attached hydrogens (tertiary/aromatic N) is 1. The van der Waals surface area contributed by atoms with E-state index in [-0.39, 0.29) is 11.8 Å². The average Bonchev–Trinajstić information content (AvgIpc) is 2.92. The van der Waals surface area contributed by atoms with E-state index in [2.05, 4.69) is 12.2 Å². The number of unbranched alkanes of at least 4 members (excludes halogenated alkanes) is 1. The number of piperidine rings is 1. The molecule has 1 aliphatic heterocycles. The van der Waals surface area contributed by atoms with Gasteiger partial charge in [0.25, 0.3) is 0 Å². The summed E-state index contributed by atoms with van der Waals surface area (Å²) in [6, 6.07) is 4.06. The number of rotatable bonds is 7. The van der Waals surface area contributed by atoms with Crippen LogP contribution in [0, 0.1) is 6.92 Å². The van der Waals surface area contributed by atoms with E-state index >= 15 is 0 Å². The van der Waals surface area contributed by atoms with Crippen LogP contribution in [0.25, 0.3) is 6.08 Å². The molecule has 2 rings (SSSR count). The minimum absolute atomic E-state index is 0.0555. The summed E-state index contributed by atoms with van der Waals surface area (Å²) >= 11 is 1.67. The highest BCUT2D eigenvalue weighted by atomic mass is 32.1. The molecule has 0 radical (unpaired) electrons. The van der Waals surface area contributed by atoms with Gasteiger partial charge in [0.05, 0.1) is 0 Å². The van der Waals surface area contributed by atoms with Gasteiger partial charge in [-0.25, -0.2) is 0 Å². The summed E-state index contributed by atoms with van der Waals surface area (Å²) in [6.07, 6.45) is 8.13. The predicted octanol–water partition coefficient (Wildman–Crippen LogP) is 2.98. The maximum absolute atomic E-state index is 11.7. The van der Waals surface area contributed by atoms with Crippen molar-refractivity contribution in [3.8, 4) is 0 Å². The Morgan fingerprint density at radius 2 is 2.23 bits per heavy atom. The van der Waals surface area contributed by atoms with Crippen LogP contribution in [0.15, 0.2) is 18.2 Å². The monoisotopic (exact) mass is 320 g/mol. The highest BCUT2D eigenvalue weighted by Gasteiger charge is 2.16. The summed E-state index contributed by atoms with van der Waals surface area (Å²) in [5, 5.41) is 2.88. The van der Waals surface area contributed by atoms with E-state index in [1.807, 2.05) is 23.1 Å². The highest BCUT2D eigenvalue weighted by molar-refractivity contribution is 7.12. The van der Waals surface area contributed by atoms with Gasteiger partial charge in [-0.3, -0.25) is 9.59 Å². The number of aryl methyl sites for hydroxylation is 1. The van der Waals surface area contributed by atoms with Crippen molar-refractivity contribution < 1.29 is 9.59 Å². The van der Waals surface area contributed by atoms with E-state index in [1.54, 1.807) is 17.4 Å². The van der Waals surface area contributed by atoms with E-state index < -0.39 is 0 Å². The maximum atomic E-state index is 11.7. The zero-order valence-electron chi connectivity index (χ0n) is 13.1. The van der Waals surface area contributed by atoms with Crippen LogP contribution in [-0.4, -0.2) is 36.3 Å². The van der Waals surface area contributed by atoms with E-state index in [0.717, 1.165) is 43.6 Å². The van der Waals surface area contributed by atoms with Crippen LogP contribution in [-0.2, 0) is 9.59 Å². The fourth-order valence-corrected chi connectivity index (χ4v) is 3.28. The molecule has 1 aliphatic rings. The first-order valence-corrected chi connectivity index (χ1v) is 8.77.